The molecule has 0 atom stereocenters. The van der Waals surface area contributed by atoms with E-state index in [1.165, 1.54) is 0 Å². The Kier molecular flexibility index (Phi) is 3.63. The Labute approximate surface area is 82.3 Å². The monoisotopic (exact) mass is 195 g/mol. The van der Waals surface area contributed by atoms with E-state index in [1.807, 2.05) is 0 Å². The fraction of sp³-hybridized carbons (Fsp3) is 0.200. The summed E-state index contributed by atoms with van der Waals surface area (Å²) in [5.41, 5.74) is 6.90. The van der Waals surface area contributed by atoms with E-state index < -0.39 is 0 Å². The molecule has 13 heavy (non-hydrogen) atoms. The zero-order chi connectivity index (χ0) is 9.68. The number of rotatable bonds is 1. The molecule has 3 N–H and O–H groups in total. The summed E-state index contributed by atoms with van der Waals surface area (Å²) in [6, 6.07) is 5.14. The maximum absolute atomic E-state index is 8.51. The molecular weight excluding hydrogens is 186 g/mol. The quantitative estimate of drug-likeness (QED) is 0.529. The topological polar surface area (TPSA) is 46.2 Å². The van der Waals surface area contributed by atoms with Crippen molar-refractivity contribution in [2.75, 3.05) is 12.3 Å². The Morgan fingerprint density at radius 3 is 2.92 bits per heavy atom. The van der Waals surface area contributed by atoms with Crippen LogP contribution in [0.5, 0.6) is 0 Å². The molecule has 0 radical (unpaired) electrons. The average Bonchev–Trinajstić information content (AvgIpc) is 2.11. The Morgan fingerprint density at radius 1 is 1.46 bits per heavy atom. The van der Waals surface area contributed by atoms with Gasteiger partial charge in [0.25, 0.3) is 0 Å². The first-order chi connectivity index (χ1) is 6.24. The van der Waals surface area contributed by atoms with Gasteiger partial charge in [-0.1, -0.05) is 23.4 Å². The van der Waals surface area contributed by atoms with Gasteiger partial charge >= 0.3 is 0 Å². The molecule has 0 fully saturated rings. The SMILES string of the molecule is Nc1ccc(Cl)c(C#CCCO)c1. The van der Waals surface area contributed by atoms with Crippen molar-refractivity contribution in [1.82, 2.24) is 0 Å². The van der Waals surface area contributed by atoms with Crippen LogP contribution < -0.4 is 5.73 Å². The van der Waals surface area contributed by atoms with E-state index >= 15 is 0 Å². The van der Waals surface area contributed by atoms with Crippen molar-refractivity contribution in [3.8, 4) is 11.8 Å². The molecule has 0 aliphatic heterocycles. The van der Waals surface area contributed by atoms with Crippen LogP contribution in [0.2, 0.25) is 5.02 Å². The minimum absolute atomic E-state index is 0.0624. The molecule has 0 saturated heterocycles. The number of benzene rings is 1. The molecule has 0 unspecified atom stereocenters. The summed E-state index contributed by atoms with van der Waals surface area (Å²) in [7, 11) is 0. The number of anilines is 1. The van der Waals surface area contributed by atoms with Gasteiger partial charge in [0.1, 0.15) is 0 Å². The van der Waals surface area contributed by atoms with Gasteiger partial charge < -0.3 is 10.8 Å². The first-order valence-electron chi connectivity index (χ1n) is 3.89. The Balaban J connectivity index is 2.89. The maximum Gasteiger partial charge on any atom is 0.0564 e. The number of hydrogen-bond donors (Lipinski definition) is 2. The number of aliphatic hydroxyl groups excluding tert-OH is 1. The number of aliphatic hydroxyl groups is 1. The number of nitrogens with two attached hydrogens (primary N) is 1. The molecule has 3 heteroatoms. The second-order valence-corrected chi connectivity index (χ2v) is 2.92. The lowest BCUT2D eigenvalue weighted by molar-refractivity contribution is 0.305. The van der Waals surface area contributed by atoms with Crippen LogP contribution >= 0.6 is 11.6 Å². The average molecular weight is 196 g/mol. The van der Waals surface area contributed by atoms with Gasteiger partial charge in [-0.25, -0.2) is 0 Å². The lowest BCUT2D eigenvalue weighted by Gasteiger charge is -1.96. The van der Waals surface area contributed by atoms with Gasteiger partial charge in [-0.2, -0.15) is 0 Å². The summed E-state index contributed by atoms with van der Waals surface area (Å²) >= 11 is 5.85. The van der Waals surface area contributed by atoms with Crippen molar-refractivity contribution in [3.05, 3.63) is 28.8 Å². The lowest BCUT2D eigenvalue weighted by atomic mass is 10.2. The molecular formula is C10H10ClNO. The summed E-state index contributed by atoms with van der Waals surface area (Å²) in [4.78, 5) is 0. The summed E-state index contributed by atoms with van der Waals surface area (Å²) in [5.74, 6) is 5.61. The van der Waals surface area contributed by atoms with Crippen molar-refractivity contribution in [2.24, 2.45) is 0 Å². The number of nitrogen functional groups attached to an aromatic ring is 1. The molecule has 0 aromatic heterocycles. The zero-order valence-electron chi connectivity index (χ0n) is 7.05. The van der Waals surface area contributed by atoms with Crippen molar-refractivity contribution in [1.29, 1.82) is 0 Å². The molecule has 68 valence electrons. The normalized spacial score (nSPS) is 9.08. The van der Waals surface area contributed by atoms with E-state index in [4.69, 9.17) is 22.4 Å². The van der Waals surface area contributed by atoms with Gasteiger partial charge in [0.05, 0.1) is 11.6 Å². The van der Waals surface area contributed by atoms with Crippen LogP contribution in [0.4, 0.5) is 5.69 Å². The minimum atomic E-state index is 0.0624. The van der Waals surface area contributed by atoms with Crippen LogP contribution in [0.3, 0.4) is 0 Å². The molecule has 0 aliphatic rings. The van der Waals surface area contributed by atoms with Crippen LogP contribution in [-0.2, 0) is 0 Å². The third-order valence-corrected chi connectivity index (χ3v) is 1.78. The van der Waals surface area contributed by atoms with E-state index in [1.54, 1.807) is 18.2 Å². The van der Waals surface area contributed by atoms with Gasteiger partial charge in [-0.05, 0) is 18.2 Å². The van der Waals surface area contributed by atoms with Gasteiger partial charge in [0.15, 0.2) is 0 Å². The van der Waals surface area contributed by atoms with E-state index in [0.29, 0.717) is 22.7 Å². The molecule has 0 saturated carbocycles. The van der Waals surface area contributed by atoms with Gasteiger partial charge in [0.2, 0.25) is 0 Å². The highest BCUT2D eigenvalue weighted by Gasteiger charge is 1.95. The van der Waals surface area contributed by atoms with Crippen LogP contribution in [0.1, 0.15) is 12.0 Å². The van der Waals surface area contributed by atoms with E-state index in [0.717, 1.165) is 0 Å². The second kappa shape index (κ2) is 4.76. The number of hydrogen-bond acceptors (Lipinski definition) is 2. The zero-order valence-corrected chi connectivity index (χ0v) is 7.80. The molecule has 1 aromatic rings. The van der Waals surface area contributed by atoms with Crippen LogP contribution in [0.15, 0.2) is 18.2 Å². The summed E-state index contributed by atoms with van der Waals surface area (Å²) in [5, 5.41) is 9.09. The number of halogens is 1. The fourth-order valence-corrected chi connectivity index (χ4v) is 1.02. The molecule has 0 amide bonds. The molecule has 1 aromatic carbocycles. The first kappa shape index (κ1) is 9.91. The lowest BCUT2D eigenvalue weighted by Crippen LogP contribution is -1.86. The van der Waals surface area contributed by atoms with Crippen LogP contribution in [0, 0.1) is 11.8 Å². The second-order valence-electron chi connectivity index (χ2n) is 2.51. The Morgan fingerprint density at radius 2 is 2.23 bits per heavy atom. The van der Waals surface area contributed by atoms with E-state index in [2.05, 4.69) is 11.8 Å². The molecule has 0 aliphatic carbocycles. The van der Waals surface area contributed by atoms with Crippen LogP contribution in [-0.4, -0.2) is 11.7 Å². The Bertz CT molecular complexity index is 352. The van der Waals surface area contributed by atoms with Crippen LogP contribution in [0.25, 0.3) is 0 Å². The standard InChI is InChI=1S/C10H10ClNO/c11-10-5-4-9(12)7-8(10)3-1-2-6-13/h4-5,7,13H,2,6,12H2. The fourth-order valence-electron chi connectivity index (χ4n) is 0.852. The smallest absolute Gasteiger partial charge is 0.0564 e. The minimum Gasteiger partial charge on any atom is -0.399 e. The third-order valence-electron chi connectivity index (χ3n) is 1.45. The molecule has 2 nitrogen and oxygen atoms in total. The molecule has 0 bridgehead atoms. The van der Waals surface area contributed by atoms with Crippen molar-refractivity contribution >= 4 is 17.3 Å². The summed E-state index contributed by atoms with van der Waals surface area (Å²) in [6.45, 7) is 0.0624. The largest absolute Gasteiger partial charge is 0.399 e. The predicted molar refractivity (Wildman–Crippen MR) is 54.4 cm³/mol. The van der Waals surface area contributed by atoms with Crippen molar-refractivity contribution in [2.45, 2.75) is 6.42 Å². The highest BCUT2D eigenvalue weighted by atomic mass is 35.5. The van der Waals surface area contributed by atoms with E-state index in [-0.39, 0.29) is 6.61 Å². The summed E-state index contributed by atoms with van der Waals surface area (Å²) < 4.78 is 0. The first-order valence-corrected chi connectivity index (χ1v) is 4.26. The summed E-state index contributed by atoms with van der Waals surface area (Å²) in [6.07, 6.45) is 0.450. The van der Waals surface area contributed by atoms with Crippen molar-refractivity contribution in [3.63, 3.8) is 0 Å². The maximum atomic E-state index is 8.51. The van der Waals surface area contributed by atoms with Gasteiger partial charge in [-0.15, -0.1) is 0 Å². The molecule has 1 rings (SSSR count). The highest BCUT2D eigenvalue weighted by Crippen LogP contribution is 2.17. The Hall–Kier alpha value is -1.17. The van der Waals surface area contributed by atoms with E-state index in [9.17, 15) is 0 Å². The third kappa shape index (κ3) is 2.98. The molecule has 0 spiro atoms. The highest BCUT2D eigenvalue weighted by molar-refractivity contribution is 6.31. The molecule has 0 heterocycles. The predicted octanol–water partition coefficient (Wildman–Crippen LogP) is 1.66. The van der Waals surface area contributed by atoms with Gasteiger partial charge in [0, 0.05) is 17.7 Å². The van der Waals surface area contributed by atoms with Crippen molar-refractivity contribution < 1.29 is 5.11 Å². The van der Waals surface area contributed by atoms with Gasteiger partial charge in [-0.3, -0.25) is 0 Å².